The monoisotopic (exact) mass is 919 g/mol. The van der Waals surface area contributed by atoms with Crippen LogP contribution < -0.4 is 0 Å². The molecule has 0 heterocycles. The Hall–Kier alpha value is -2.55. The van der Waals surface area contributed by atoms with Crippen LogP contribution in [0, 0.1) is 0 Å². The van der Waals surface area contributed by atoms with Crippen LogP contribution in [0.3, 0.4) is 0 Å². The molecule has 64 heavy (non-hydrogen) atoms. The molecule has 0 saturated heterocycles. The Labute approximate surface area is 393 Å². The zero-order valence-corrected chi connectivity index (χ0v) is 42.6. The summed E-state index contributed by atoms with van der Waals surface area (Å²) in [6, 6.07) is 0. The van der Waals surface area contributed by atoms with Crippen molar-refractivity contribution in [1.82, 2.24) is 0 Å². The smallest absolute Gasteiger partial charge is 0.462 e. The lowest BCUT2D eigenvalue weighted by atomic mass is 10.1. The number of ether oxygens (including phenoxy) is 2. The third-order valence-corrected chi connectivity index (χ3v) is 11.7. The summed E-state index contributed by atoms with van der Waals surface area (Å²) in [4.78, 5) is 35.6. The molecule has 0 bridgehead atoms. The standard InChI is InChI=1S/C54H96NO8P/c1-6-8-10-12-14-16-18-20-22-24-25-26-27-28-29-31-33-35-37-39-41-43-45-47-54(57)63-52(51-62-64(58,59)61-49-48-55(3,4)5)50-60-53(56)46-44-42-40-38-36-34-32-30-23-21-19-17-15-13-11-9-7-2/h9,11,15,17-18,20-21,23-25,27-28,52H,6-8,10,12-14,16,19,22,26,29-51H2,1-5H3/p+1/b11-9-,17-15-,20-18-,23-21-,25-24-,28-27-. The number of hydrogen-bond donors (Lipinski definition) is 1. The molecule has 0 aliphatic carbocycles. The third kappa shape index (κ3) is 48.9. The van der Waals surface area contributed by atoms with Crippen molar-refractivity contribution in [3.63, 3.8) is 0 Å². The summed E-state index contributed by atoms with van der Waals surface area (Å²) >= 11 is 0. The fourth-order valence-corrected chi connectivity index (χ4v) is 7.48. The topological polar surface area (TPSA) is 108 Å². The lowest BCUT2D eigenvalue weighted by Gasteiger charge is -2.24. The molecule has 0 aliphatic rings. The molecule has 370 valence electrons. The number of unbranched alkanes of at least 4 members (excludes halogenated alkanes) is 20. The summed E-state index contributed by atoms with van der Waals surface area (Å²) in [5.41, 5.74) is 0. The summed E-state index contributed by atoms with van der Waals surface area (Å²) in [5.74, 6) is -0.820. The zero-order valence-electron chi connectivity index (χ0n) is 41.7. The van der Waals surface area contributed by atoms with E-state index in [9.17, 15) is 19.0 Å². The number of rotatable bonds is 46. The van der Waals surface area contributed by atoms with Gasteiger partial charge in [-0.3, -0.25) is 18.6 Å². The lowest BCUT2D eigenvalue weighted by Crippen LogP contribution is -2.37. The van der Waals surface area contributed by atoms with E-state index in [4.69, 9.17) is 18.5 Å². The van der Waals surface area contributed by atoms with E-state index >= 15 is 0 Å². The van der Waals surface area contributed by atoms with Gasteiger partial charge in [0.15, 0.2) is 6.10 Å². The van der Waals surface area contributed by atoms with Gasteiger partial charge in [-0.1, -0.05) is 183 Å². The van der Waals surface area contributed by atoms with Crippen LogP contribution in [0.1, 0.15) is 206 Å². The van der Waals surface area contributed by atoms with Gasteiger partial charge in [-0.15, -0.1) is 0 Å². The molecule has 0 amide bonds. The maximum absolute atomic E-state index is 12.8. The van der Waals surface area contributed by atoms with Crippen LogP contribution in [0.4, 0.5) is 0 Å². The van der Waals surface area contributed by atoms with Gasteiger partial charge < -0.3 is 18.9 Å². The summed E-state index contributed by atoms with van der Waals surface area (Å²) in [6.45, 7) is 4.28. The average Bonchev–Trinajstić information content (AvgIpc) is 3.25. The van der Waals surface area contributed by atoms with Crippen LogP contribution in [0.15, 0.2) is 72.9 Å². The highest BCUT2D eigenvalue weighted by Gasteiger charge is 2.27. The van der Waals surface area contributed by atoms with Gasteiger partial charge >= 0.3 is 19.8 Å². The van der Waals surface area contributed by atoms with Crippen molar-refractivity contribution >= 4 is 19.8 Å². The molecule has 10 heteroatoms. The number of carbonyl (C=O) groups is 2. The fourth-order valence-electron chi connectivity index (χ4n) is 6.74. The summed E-state index contributed by atoms with van der Waals surface area (Å²) in [5, 5.41) is 0. The number of carbonyl (C=O) groups excluding carboxylic acids is 2. The fraction of sp³-hybridized carbons (Fsp3) is 0.741. The van der Waals surface area contributed by atoms with E-state index < -0.39 is 26.5 Å². The van der Waals surface area contributed by atoms with E-state index in [1.807, 2.05) is 21.1 Å². The quantitative estimate of drug-likeness (QED) is 0.0211. The minimum atomic E-state index is -4.39. The van der Waals surface area contributed by atoms with Crippen molar-refractivity contribution < 1.29 is 42.1 Å². The second-order valence-electron chi connectivity index (χ2n) is 18.2. The Kier molecular flexibility index (Phi) is 43.8. The number of esters is 2. The molecule has 1 N–H and O–H groups in total. The van der Waals surface area contributed by atoms with E-state index in [0.29, 0.717) is 17.4 Å². The van der Waals surface area contributed by atoms with Crippen molar-refractivity contribution in [2.45, 2.75) is 213 Å². The van der Waals surface area contributed by atoms with Gasteiger partial charge in [-0.05, 0) is 83.5 Å². The van der Waals surface area contributed by atoms with Gasteiger partial charge in [0.05, 0.1) is 27.7 Å². The molecule has 0 spiro atoms. The highest BCUT2D eigenvalue weighted by Crippen LogP contribution is 2.43. The molecule has 9 nitrogen and oxygen atoms in total. The molecule has 0 aromatic carbocycles. The molecular formula is C54H97NO8P+. The predicted molar refractivity (Wildman–Crippen MR) is 270 cm³/mol. The van der Waals surface area contributed by atoms with Crippen LogP contribution in [0.5, 0.6) is 0 Å². The van der Waals surface area contributed by atoms with Crippen molar-refractivity contribution in [2.75, 3.05) is 47.5 Å². The van der Waals surface area contributed by atoms with Crippen LogP contribution in [-0.4, -0.2) is 74.9 Å². The number of allylic oxidation sites excluding steroid dienone is 12. The van der Waals surface area contributed by atoms with Gasteiger partial charge in [-0.2, -0.15) is 0 Å². The number of phosphoric ester groups is 1. The zero-order chi connectivity index (χ0) is 47.1. The number of hydrogen-bond acceptors (Lipinski definition) is 7. The van der Waals surface area contributed by atoms with Crippen LogP contribution >= 0.6 is 7.82 Å². The number of phosphoric acid groups is 1. The molecule has 0 aliphatic heterocycles. The molecule has 2 unspecified atom stereocenters. The first kappa shape index (κ1) is 61.5. The maximum atomic E-state index is 12.8. The summed E-state index contributed by atoms with van der Waals surface area (Å²) in [7, 11) is 1.46. The van der Waals surface area contributed by atoms with Crippen molar-refractivity contribution in [2.24, 2.45) is 0 Å². The minimum Gasteiger partial charge on any atom is -0.462 e. The lowest BCUT2D eigenvalue weighted by molar-refractivity contribution is -0.870. The minimum absolute atomic E-state index is 0.0250. The van der Waals surface area contributed by atoms with Crippen molar-refractivity contribution in [3.8, 4) is 0 Å². The van der Waals surface area contributed by atoms with Gasteiger partial charge in [0.25, 0.3) is 0 Å². The molecule has 0 aromatic rings. The molecular weight excluding hydrogens is 822 g/mol. The molecule has 0 rings (SSSR count). The molecule has 2 atom stereocenters. The second-order valence-corrected chi connectivity index (χ2v) is 19.6. The van der Waals surface area contributed by atoms with E-state index in [0.717, 1.165) is 89.9 Å². The highest BCUT2D eigenvalue weighted by atomic mass is 31.2. The summed E-state index contributed by atoms with van der Waals surface area (Å²) < 4.78 is 34.4. The number of likely N-dealkylation sites (N-methyl/N-ethyl adjacent to an activating group) is 1. The number of quaternary nitrogens is 1. The Morgan fingerprint density at radius 1 is 0.500 bits per heavy atom. The first-order valence-electron chi connectivity index (χ1n) is 25.7. The van der Waals surface area contributed by atoms with Crippen molar-refractivity contribution in [1.29, 1.82) is 0 Å². The maximum Gasteiger partial charge on any atom is 0.472 e. The first-order valence-corrected chi connectivity index (χ1v) is 27.2. The van der Waals surface area contributed by atoms with E-state index in [2.05, 4.69) is 86.8 Å². The van der Waals surface area contributed by atoms with E-state index in [-0.39, 0.29) is 32.0 Å². The van der Waals surface area contributed by atoms with Gasteiger partial charge in [-0.25, -0.2) is 4.57 Å². The first-order chi connectivity index (χ1) is 31.0. The van der Waals surface area contributed by atoms with Crippen LogP contribution in [0.25, 0.3) is 0 Å². The normalized spacial score (nSPS) is 14.0. The second kappa shape index (κ2) is 45.6. The van der Waals surface area contributed by atoms with E-state index in [1.54, 1.807) is 0 Å². The third-order valence-electron chi connectivity index (χ3n) is 10.7. The Balaban J connectivity index is 4.29. The Morgan fingerprint density at radius 2 is 0.891 bits per heavy atom. The van der Waals surface area contributed by atoms with Crippen molar-refractivity contribution in [3.05, 3.63) is 72.9 Å². The van der Waals surface area contributed by atoms with Gasteiger partial charge in [0, 0.05) is 12.8 Å². The highest BCUT2D eigenvalue weighted by molar-refractivity contribution is 7.47. The molecule has 0 aromatic heterocycles. The largest absolute Gasteiger partial charge is 0.472 e. The molecule has 0 saturated carbocycles. The van der Waals surface area contributed by atoms with Crippen LogP contribution in [-0.2, 0) is 32.7 Å². The van der Waals surface area contributed by atoms with Gasteiger partial charge in [0.1, 0.15) is 19.8 Å². The Bertz CT molecular complexity index is 1310. The average molecular weight is 919 g/mol. The Morgan fingerprint density at radius 3 is 1.33 bits per heavy atom. The van der Waals surface area contributed by atoms with E-state index in [1.165, 1.54) is 83.5 Å². The summed E-state index contributed by atoms with van der Waals surface area (Å²) in [6.07, 6.45) is 58.1. The molecule has 0 radical (unpaired) electrons. The van der Waals surface area contributed by atoms with Crippen LogP contribution in [0.2, 0.25) is 0 Å². The SMILES string of the molecule is CC/C=C\C/C=C\C/C=C\CCCCCCCCCC(=O)OCC(COP(=O)(O)OCC[N+](C)(C)C)OC(=O)CCCCCCCCCC/C=C\C/C=C\C/C=C\CCCCCCC. The van der Waals surface area contributed by atoms with Gasteiger partial charge in [0.2, 0.25) is 0 Å². The molecule has 0 fully saturated rings. The predicted octanol–water partition coefficient (Wildman–Crippen LogP) is 15.4. The number of nitrogens with zero attached hydrogens (tertiary/aromatic N) is 1.